The average Bonchev–Trinajstić information content (AvgIpc) is 2.68. The van der Waals surface area contributed by atoms with Crippen LogP contribution in [0.2, 0.25) is 0 Å². The van der Waals surface area contributed by atoms with Gasteiger partial charge in [-0.2, -0.15) is 61.5 Å². The minimum absolute atomic E-state index is 0.115. The van der Waals surface area contributed by atoms with Crippen LogP contribution in [0.3, 0.4) is 0 Å². The molecule has 0 spiro atoms. The first-order valence-corrected chi connectivity index (χ1v) is 8.37. The molecule has 0 atom stereocenters. The third-order valence-electron chi connectivity index (χ3n) is 4.07. The van der Waals surface area contributed by atoms with Crippen molar-refractivity contribution in [3.05, 3.63) is 47.5 Å². The molecule has 0 radical (unpaired) electrons. The van der Waals surface area contributed by atoms with Crippen LogP contribution in [0.1, 0.15) is 11.1 Å². The third kappa shape index (κ3) is 5.00. The molecular formula is C20H6F14. The van der Waals surface area contributed by atoms with Crippen LogP contribution < -0.4 is 0 Å². The molecule has 14 heteroatoms. The molecule has 0 aliphatic rings. The molecule has 0 unspecified atom stereocenters. The molecule has 0 nitrogen and oxygen atoms in total. The van der Waals surface area contributed by atoms with Gasteiger partial charge in [0.15, 0.2) is 0 Å². The fourth-order valence-electron chi connectivity index (χ4n) is 2.22. The van der Waals surface area contributed by atoms with Crippen LogP contribution in [0.25, 0.3) is 10.8 Å². The lowest BCUT2D eigenvalue weighted by Gasteiger charge is -2.24. The molecule has 0 saturated heterocycles. The van der Waals surface area contributed by atoms with E-state index >= 15 is 0 Å². The van der Waals surface area contributed by atoms with Crippen LogP contribution in [0.15, 0.2) is 36.4 Å². The van der Waals surface area contributed by atoms with E-state index in [4.69, 9.17) is 0 Å². The summed E-state index contributed by atoms with van der Waals surface area (Å²) in [4.78, 5) is 0. The molecule has 0 heterocycles. The minimum Gasteiger partial charge on any atom is -0.188 e. The maximum Gasteiger partial charge on any atom is 0.461 e. The zero-order valence-corrected chi connectivity index (χ0v) is 15.8. The van der Waals surface area contributed by atoms with Gasteiger partial charge in [-0.25, -0.2) is 0 Å². The molecule has 0 bridgehead atoms. The van der Waals surface area contributed by atoms with Crippen molar-refractivity contribution in [2.45, 2.75) is 36.0 Å². The lowest BCUT2D eigenvalue weighted by Crippen LogP contribution is -2.51. The number of alkyl halides is 14. The van der Waals surface area contributed by atoms with Crippen LogP contribution in [0.4, 0.5) is 61.5 Å². The molecule has 2 aromatic rings. The summed E-state index contributed by atoms with van der Waals surface area (Å²) in [6.45, 7) is 0. The Morgan fingerprint density at radius 2 is 0.765 bits per heavy atom. The van der Waals surface area contributed by atoms with Crippen molar-refractivity contribution in [1.82, 2.24) is 0 Å². The summed E-state index contributed by atoms with van der Waals surface area (Å²) < 4.78 is 177. The van der Waals surface area contributed by atoms with Gasteiger partial charge in [-0.15, -0.1) is 0 Å². The molecule has 0 aliphatic carbocycles. The molecule has 0 saturated carbocycles. The summed E-state index contributed by atoms with van der Waals surface area (Å²) in [5, 5.41) is 0.0752. The largest absolute Gasteiger partial charge is 0.461 e. The topological polar surface area (TPSA) is 0 Å². The first-order chi connectivity index (χ1) is 15.1. The Labute approximate surface area is 180 Å². The van der Waals surface area contributed by atoms with Crippen molar-refractivity contribution in [2.24, 2.45) is 0 Å². The first kappa shape index (κ1) is 27.1. The van der Waals surface area contributed by atoms with Crippen LogP contribution in [-0.2, 0) is 0 Å². The Kier molecular flexibility index (Phi) is 6.57. The van der Waals surface area contributed by atoms with Gasteiger partial charge in [0, 0.05) is 11.1 Å². The predicted molar refractivity (Wildman–Crippen MR) is 89.6 cm³/mol. The molecule has 0 aliphatic heterocycles. The molecule has 0 N–H and O–H groups in total. The van der Waals surface area contributed by atoms with Gasteiger partial charge in [0.05, 0.1) is 0 Å². The second-order valence-electron chi connectivity index (χ2n) is 6.57. The van der Waals surface area contributed by atoms with E-state index in [1.807, 2.05) is 0 Å². The number of hydrogen-bond acceptors (Lipinski definition) is 0. The molecular weight excluding hydrogens is 506 g/mol. The monoisotopic (exact) mass is 512 g/mol. The molecule has 2 rings (SSSR count). The molecule has 34 heavy (non-hydrogen) atoms. The van der Waals surface area contributed by atoms with Gasteiger partial charge >= 0.3 is 36.0 Å². The first-order valence-electron chi connectivity index (χ1n) is 8.37. The lowest BCUT2D eigenvalue weighted by molar-refractivity contribution is -0.339. The van der Waals surface area contributed by atoms with E-state index in [0.717, 1.165) is 36.4 Å². The summed E-state index contributed by atoms with van der Waals surface area (Å²) >= 11 is 0. The highest BCUT2D eigenvalue weighted by atomic mass is 19.4. The highest BCUT2D eigenvalue weighted by molar-refractivity contribution is 5.85. The van der Waals surface area contributed by atoms with Gasteiger partial charge in [-0.05, 0) is 46.9 Å². The van der Waals surface area contributed by atoms with Gasteiger partial charge in [-0.1, -0.05) is 24.0 Å². The Hall–Kier alpha value is -3.16. The lowest BCUT2D eigenvalue weighted by atomic mass is 10.0. The Bertz CT molecular complexity index is 1100. The van der Waals surface area contributed by atoms with E-state index in [9.17, 15) is 61.5 Å². The summed E-state index contributed by atoms with van der Waals surface area (Å²) in [5.74, 6) is -20.8. The van der Waals surface area contributed by atoms with E-state index in [1.54, 1.807) is 0 Å². The summed E-state index contributed by atoms with van der Waals surface area (Å²) in [5.41, 5.74) is -1.08. The zero-order chi connectivity index (χ0) is 26.4. The van der Waals surface area contributed by atoms with Crippen molar-refractivity contribution in [3.63, 3.8) is 0 Å². The second-order valence-corrected chi connectivity index (χ2v) is 6.57. The second kappa shape index (κ2) is 8.25. The van der Waals surface area contributed by atoms with Crippen molar-refractivity contribution in [2.75, 3.05) is 0 Å². The molecule has 0 aromatic heterocycles. The minimum atomic E-state index is -6.60. The highest BCUT2D eigenvalue weighted by Gasteiger charge is 2.73. The fraction of sp³-hybridized carbons (Fsp3) is 0.300. The molecule has 0 fully saturated rings. The quantitative estimate of drug-likeness (QED) is 0.295. The van der Waals surface area contributed by atoms with Gasteiger partial charge in [0.1, 0.15) is 0 Å². The third-order valence-corrected chi connectivity index (χ3v) is 4.07. The maximum atomic E-state index is 13.3. The molecule has 184 valence electrons. The van der Waals surface area contributed by atoms with E-state index in [0.29, 0.717) is 11.8 Å². The van der Waals surface area contributed by atoms with Gasteiger partial charge in [-0.3, -0.25) is 0 Å². The SMILES string of the molecule is FC(F)(F)C(F)(F)C(F)(F)C#Cc1ccc2ccc(C#CC(F)(F)C(F)(F)C(F)(F)F)cc2c1. The van der Waals surface area contributed by atoms with E-state index < -0.39 is 47.2 Å². The number of hydrogen-bond donors (Lipinski definition) is 0. The average molecular weight is 512 g/mol. The van der Waals surface area contributed by atoms with Gasteiger partial charge in [0.2, 0.25) is 0 Å². The Morgan fingerprint density at radius 1 is 0.441 bits per heavy atom. The van der Waals surface area contributed by atoms with Crippen molar-refractivity contribution < 1.29 is 61.5 Å². The zero-order valence-electron chi connectivity index (χ0n) is 15.8. The normalized spacial score (nSPS) is 13.7. The smallest absolute Gasteiger partial charge is 0.188 e. The molecule has 2 aromatic carbocycles. The number of halogens is 14. The van der Waals surface area contributed by atoms with Crippen LogP contribution in [0.5, 0.6) is 0 Å². The van der Waals surface area contributed by atoms with E-state index in [-0.39, 0.29) is 10.8 Å². The summed E-state index contributed by atoms with van der Waals surface area (Å²) in [6, 6.07) is 5.72. The fourth-order valence-corrected chi connectivity index (χ4v) is 2.22. The van der Waals surface area contributed by atoms with Gasteiger partial charge < -0.3 is 0 Å². The number of rotatable bonds is 2. The maximum absolute atomic E-state index is 13.3. The Balaban J connectivity index is 2.44. The van der Waals surface area contributed by atoms with E-state index in [1.165, 1.54) is 11.8 Å². The number of benzene rings is 2. The van der Waals surface area contributed by atoms with Crippen LogP contribution in [0, 0.1) is 23.7 Å². The Morgan fingerprint density at radius 3 is 1.06 bits per heavy atom. The van der Waals surface area contributed by atoms with Crippen molar-refractivity contribution >= 4 is 10.8 Å². The summed E-state index contributed by atoms with van der Waals surface area (Å²) in [7, 11) is 0. The van der Waals surface area contributed by atoms with E-state index in [2.05, 4.69) is 0 Å². The summed E-state index contributed by atoms with van der Waals surface area (Å²) in [6.07, 6.45) is -13.2. The van der Waals surface area contributed by atoms with Crippen LogP contribution in [-0.4, -0.2) is 36.0 Å². The van der Waals surface area contributed by atoms with Crippen molar-refractivity contribution in [3.8, 4) is 23.7 Å². The standard InChI is InChI=1S/C20H6F14/c21-15(22,17(25,26)19(29,30)31)7-5-11-1-3-13-4-2-12(10-14(13)9-11)6-8-16(23,24)18(27,28)20(32,33)34/h1-4,9-10H. The van der Waals surface area contributed by atoms with Crippen molar-refractivity contribution in [1.29, 1.82) is 0 Å². The molecule has 0 amide bonds. The predicted octanol–water partition coefficient (Wildman–Crippen LogP) is 7.21. The highest BCUT2D eigenvalue weighted by Crippen LogP contribution is 2.47. The van der Waals surface area contributed by atoms with Crippen LogP contribution >= 0.6 is 0 Å². The van der Waals surface area contributed by atoms with Gasteiger partial charge in [0.25, 0.3) is 0 Å². The number of fused-ring (bicyclic) bond motifs is 1.